The summed E-state index contributed by atoms with van der Waals surface area (Å²) in [6.07, 6.45) is 1.98. The fraction of sp³-hybridized carbons (Fsp3) is 0.538. The predicted octanol–water partition coefficient (Wildman–Crippen LogP) is 3.86. The first-order valence-corrected chi connectivity index (χ1v) is 6.24. The summed E-state index contributed by atoms with van der Waals surface area (Å²) in [5, 5.41) is 0. The molecule has 5 heteroatoms. The predicted molar refractivity (Wildman–Crippen MR) is 69.5 cm³/mol. The summed E-state index contributed by atoms with van der Waals surface area (Å²) in [7, 11) is 0. The van der Waals surface area contributed by atoms with E-state index in [0.717, 1.165) is 18.9 Å². The van der Waals surface area contributed by atoms with E-state index in [9.17, 15) is 12.9 Å². The van der Waals surface area contributed by atoms with Gasteiger partial charge in [0.05, 0.1) is 6.61 Å². The van der Waals surface area contributed by atoms with Crippen molar-refractivity contribution >= 4 is 12.4 Å². The lowest BCUT2D eigenvalue weighted by Gasteiger charge is -2.18. The number of halogens is 3. The van der Waals surface area contributed by atoms with Crippen LogP contribution in [0.2, 0.25) is 0 Å². The molecular formula is C13H19BF3O-. The Labute approximate surface area is 106 Å². The van der Waals surface area contributed by atoms with Gasteiger partial charge in [-0.25, -0.2) is 0 Å². The molecule has 0 N–H and O–H groups in total. The van der Waals surface area contributed by atoms with Crippen molar-refractivity contribution in [2.75, 3.05) is 6.61 Å². The van der Waals surface area contributed by atoms with Gasteiger partial charge in [-0.15, -0.1) is 5.46 Å². The van der Waals surface area contributed by atoms with Crippen LogP contribution in [0.4, 0.5) is 12.9 Å². The molecular weight excluding hydrogens is 240 g/mol. The van der Waals surface area contributed by atoms with Gasteiger partial charge in [0.1, 0.15) is 5.75 Å². The zero-order valence-electron chi connectivity index (χ0n) is 11.1. The Kier molecular flexibility index (Phi) is 5.11. The molecule has 1 nitrogen and oxygen atoms in total. The SMILES string of the molecule is Cc1cc(OCCCC(C)C)ccc1[B-](F)(F)F. The van der Waals surface area contributed by atoms with Gasteiger partial charge in [-0.3, -0.25) is 0 Å². The summed E-state index contributed by atoms with van der Waals surface area (Å²) < 4.78 is 43.2. The van der Waals surface area contributed by atoms with Crippen molar-refractivity contribution in [1.82, 2.24) is 0 Å². The van der Waals surface area contributed by atoms with E-state index < -0.39 is 12.4 Å². The van der Waals surface area contributed by atoms with Gasteiger partial charge < -0.3 is 17.7 Å². The van der Waals surface area contributed by atoms with Crippen LogP contribution in [0.3, 0.4) is 0 Å². The first-order valence-electron chi connectivity index (χ1n) is 6.24. The maximum atomic E-state index is 12.6. The number of aryl methyl sites for hydroxylation is 1. The second-order valence-electron chi connectivity index (χ2n) is 4.98. The number of hydrogen-bond donors (Lipinski definition) is 0. The van der Waals surface area contributed by atoms with E-state index in [1.807, 2.05) is 0 Å². The van der Waals surface area contributed by atoms with E-state index in [2.05, 4.69) is 13.8 Å². The summed E-state index contributed by atoms with van der Waals surface area (Å²) >= 11 is 0. The number of ether oxygens (including phenoxy) is 1. The molecule has 0 fully saturated rings. The van der Waals surface area contributed by atoms with Crippen molar-refractivity contribution in [2.45, 2.75) is 33.6 Å². The van der Waals surface area contributed by atoms with E-state index in [-0.39, 0.29) is 5.56 Å². The topological polar surface area (TPSA) is 9.23 Å². The highest BCUT2D eigenvalue weighted by atomic mass is 19.4. The molecule has 0 amide bonds. The third kappa shape index (κ3) is 4.63. The maximum absolute atomic E-state index is 12.6. The minimum absolute atomic E-state index is 0.226. The molecule has 0 aromatic heterocycles. The van der Waals surface area contributed by atoms with Crippen LogP contribution in [0.25, 0.3) is 0 Å². The van der Waals surface area contributed by atoms with Gasteiger partial charge in [-0.05, 0) is 37.8 Å². The van der Waals surface area contributed by atoms with Crippen molar-refractivity contribution in [1.29, 1.82) is 0 Å². The van der Waals surface area contributed by atoms with Crippen LogP contribution in [0.5, 0.6) is 5.75 Å². The molecule has 0 heterocycles. The van der Waals surface area contributed by atoms with Crippen LogP contribution in [-0.2, 0) is 0 Å². The van der Waals surface area contributed by atoms with Gasteiger partial charge in [0.2, 0.25) is 0 Å². The molecule has 0 atom stereocenters. The van der Waals surface area contributed by atoms with Gasteiger partial charge in [-0.2, -0.15) is 0 Å². The van der Waals surface area contributed by atoms with Gasteiger partial charge in [0.25, 0.3) is 0 Å². The van der Waals surface area contributed by atoms with Crippen molar-refractivity contribution in [3.63, 3.8) is 0 Å². The van der Waals surface area contributed by atoms with Crippen LogP contribution >= 0.6 is 0 Å². The third-order valence-electron chi connectivity index (χ3n) is 2.79. The molecule has 1 aromatic carbocycles. The minimum atomic E-state index is -4.93. The monoisotopic (exact) mass is 259 g/mol. The Morgan fingerprint density at radius 1 is 1.22 bits per heavy atom. The Hall–Kier alpha value is -1.13. The summed E-state index contributed by atoms with van der Waals surface area (Å²) in [6.45, 7) is 1.34. The summed E-state index contributed by atoms with van der Waals surface area (Å²) in [5.41, 5.74) is -0.312. The lowest BCUT2D eigenvalue weighted by Crippen LogP contribution is -2.35. The Morgan fingerprint density at radius 2 is 1.89 bits per heavy atom. The smallest absolute Gasteiger partial charge is 0.494 e. The third-order valence-corrected chi connectivity index (χ3v) is 2.79. The normalized spacial score (nSPS) is 11.9. The van der Waals surface area contributed by atoms with Crippen molar-refractivity contribution in [3.8, 4) is 5.75 Å². The zero-order chi connectivity index (χ0) is 13.8. The molecule has 0 aliphatic heterocycles. The molecule has 0 spiro atoms. The fourth-order valence-corrected chi connectivity index (χ4v) is 1.79. The lowest BCUT2D eigenvalue weighted by atomic mass is 9.77. The quantitative estimate of drug-likeness (QED) is 0.556. The summed E-state index contributed by atoms with van der Waals surface area (Å²) in [4.78, 5) is 0. The van der Waals surface area contributed by atoms with Crippen LogP contribution in [0.1, 0.15) is 32.3 Å². The lowest BCUT2D eigenvalue weighted by molar-refractivity contribution is 0.297. The van der Waals surface area contributed by atoms with Crippen LogP contribution in [-0.4, -0.2) is 13.6 Å². The van der Waals surface area contributed by atoms with Gasteiger partial charge in [0, 0.05) is 0 Å². The summed E-state index contributed by atoms with van der Waals surface area (Å²) in [5.74, 6) is 1.13. The van der Waals surface area contributed by atoms with E-state index in [1.165, 1.54) is 19.1 Å². The molecule has 102 valence electrons. The van der Waals surface area contributed by atoms with E-state index in [4.69, 9.17) is 4.74 Å². The van der Waals surface area contributed by atoms with Crippen LogP contribution in [0.15, 0.2) is 18.2 Å². The number of benzene rings is 1. The van der Waals surface area contributed by atoms with E-state index in [1.54, 1.807) is 0 Å². The first kappa shape index (κ1) is 14.9. The largest absolute Gasteiger partial charge is 0.509 e. The average molecular weight is 259 g/mol. The molecule has 0 saturated carbocycles. The van der Waals surface area contributed by atoms with Crippen molar-refractivity contribution < 1.29 is 17.7 Å². The molecule has 1 rings (SSSR count). The maximum Gasteiger partial charge on any atom is 0.509 e. The zero-order valence-corrected chi connectivity index (χ0v) is 11.1. The first-order chi connectivity index (χ1) is 8.30. The van der Waals surface area contributed by atoms with E-state index in [0.29, 0.717) is 18.3 Å². The standard InChI is InChI=1S/C13H19BF3O/c1-10(2)5-4-8-18-12-6-7-13(11(3)9-12)14(15,16)17/h6-7,9-10H,4-5,8H2,1-3H3/q-1. The molecule has 0 aliphatic rings. The van der Waals surface area contributed by atoms with E-state index >= 15 is 0 Å². The summed E-state index contributed by atoms with van der Waals surface area (Å²) in [6, 6.07) is 3.96. The fourth-order valence-electron chi connectivity index (χ4n) is 1.79. The number of hydrogen-bond acceptors (Lipinski definition) is 1. The van der Waals surface area contributed by atoms with Gasteiger partial charge in [0.15, 0.2) is 0 Å². The Morgan fingerprint density at radius 3 is 2.39 bits per heavy atom. The molecule has 0 unspecified atom stereocenters. The molecule has 1 aromatic rings. The number of rotatable bonds is 6. The van der Waals surface area contributed by atoms with Crippen molar-refractivity contribution in [3.05, 3.63) is 23.8 Å². The Balaban J connectivity index is 2.57. The van der Waals surface area contributed by atoms with Gasteiger partial charge >= 0.3 is 6.98 Å². The van der Waals surface area contributed by atoms with Crippen molar-refractivity contribution in [2.24, 2.45) is 5.92 Å². The second-order valence-corrected chi connectivity index (χ2v) is 4.98. The highest BCUT2D eigenvalue weighted by molar-refractivity contribution is 6.74. The van der Waals surface area contributed by atoms with Crippen LogP contribution in [0, 0.1) is 12.8 Å². The highest BCUT2D eigenvalue weighted by Gasteiger charge is 2.27. The minimum Gasteiger partial charge on any atom is -0.494 e. The highest BCUT2D eigenvalue weighted by Crippen LogP contribution is 2.17. The Bertz CT molecular complexity index is 388. The molecule has 0 aliphatic carbocycles. The second kappa shape index (κ2) is 6.16. The van der Waals surface area contributed by atoms with Crippen LogP contribution < -0.4 is 10.2 Å². The van der Waals surface area contributed by atoms with Gasteiger partial charge in [-0.1, -0.05) is 25.5 Å². The molecule has 0 saturated heterocycles. The molecule has 0 bridgehead atoms. The molecule has 18 heavy (non-hydrogen) atoms. The molecule has 0 radical (unpaired) electrons. The average Bonchev–Trinajstić information content (AvgIpc) is 2.22.